The zero-order valence-corrected chi connectivity index (χ0v) is 15.7. The predicted molar refractivity (Wildman–Crippen MR) is 104 cm³/mol. The molecular formula is C18H19N2O4PS. The first-order valence-corrected chi connectivity index (χ1v) is 10.7. The van der Waals surface area contributed by atoms with E-state index in [4.69, 9.17) is 14.6 Å². The summed E-state index contributed by atoms with van der Waals surface area (Å²) in [4.78, 5) is 23.3. The van der Waals surface area contributed by atoms with E-state index in [1.165, 1.54) is 0 Å². The molecule has 136 valence electrons. The predicted octanol–water partition coefficient (Wildman–Crippen LogP) is 2.86. The first kappa shape index (κ1) is 18.6. The Bertz CT molecular complexity index is 875. The first-order valence-electron chi connectivity index (χ1n) is 8.02. The number of benzene rings is 2. The van der Waals surface area contributed by atoms with Crippen LogP contribution in [0.4, 0.5) is 0 Å². The fourth-order valence-corrected chi connectivity index (χ4v) is 4.17. The van der Waals surface area contributed by atoms with Gasteiger partial charge in [0.1, 0.15) is 12.6 Å². The highest BCUT2D eigenvalue weighted by atomic mass is 32.5. The van der Waals surface area contributed by atoms with E-state index in [1.54, 1.807) is 0 Å². The van der Waals surface area contributed by atoms with Crippen LogP contribution >= 0.6 is 8.02 Å². The summed E-state index contributed by atoms with van der Waals surface area (Å²) in [6.07, 6.45) is -0.326. The normalized spacial score (nSPS) is 14.9. The van der Waals surface area contributed by atoms with Crippen molar-refractivity contribution in [3.8, 4) is 11.1 Å². The molecule has 1 aliphatic carbocycles. The van der Waals surface area contributed by atoms with Gasteiger partial charge in [0.25, 0.3) is 0 Å². The summed E-state index contributed by atoms with van der Waals surface area (Å²) in [5, 5.41) is 9.15. The van der Waals surface area contributed by atoms with Crippen molar-refractivity contribution >= 4 is 30.0 Å². The van der Waals surface area contributed by atoms with Gasteiger partial charge < -0.3 is 9.84 Å². The van der Waals surface area contributed by atoms with E-state index in [9.17, 15) is 9.59 Å². The van der Waals surface area contributed by atoms with Crippen LogP contribution in [-0.2, 0) is 24.4 Å². The number of carboxylic acids is 1. The van der Waals surface area contributed by atoms with Crippen molar-refractivity contribution in [3.63, 3.8) is 0 Å². The molecule has 26 heavy (non-hydrogen) atoms. The minimum Gasteiger partial charge on any atom is -0.480 e. The molecule has 0 bridgehead atoms. The SMILES string of the molecule is N=[SH](=P)NC(CC(=O)OCC1c2ccccc2-c2ccccc21)C(=O)O. The highest BCUT2D eigenvalue weighted by Crippen LogP contribution is 2.44. The summed E-state index contributed by atoms with van der Waals surface area (Å²) >= 11 is 0. The molecule has 0 amide bonds. The third-order valence-corrected chi connectivity index (χ3v) is 5.28. The van der Waals surface area contributed by atoms with Crippen LogP contribution in [0.3, 0.4) is 0 Å². The highest BCUT2D eigenvalue weighted by molar-refractivity contribution is 8.06. The van der Waals surface area contributed by atoms with Crippen molar-refractivity contribution in [2.45, 2.75) is 18.4 Å². The van der Waals surface area contributed by atoms with Crippen molar-refractivity contribution in [1.82, 2.24) is 4.72 Å². The van der Waals surface area contributed by atoms with Gasteiger partial charge in [-0.3, -0.25) is 14.4 Å². The Balaban J connectivity index is 1.72. The Morgan fingerprint density at radius 2 is 1.69 bits per heavy atom. The van der Waals surface area contributed by atoms with Gasteiger partial charge in [-0.05, 0) is 22.3 Å². The maximum Gasteiger partial charge on any atom is 0.322 e. The number of hydrogen-bond donors (Lipinski definition) is 4. The molecule has 1 aliphatic rings. The fraction of sp³-hybridized carbons (Fsp3) is 0.222. The van der Waals surface area contributed by atoms with Crippen LogP contribution < -0.4 is 4.72 Å². The maximum absolute atomic E-state index is 12.1. The molecule has 3 rings (SSSR count). The maximum atomic E-state index is 12.1. The lowest BCUT2D eigenvalue weighted by molar-refractivity contribution is -0.149. The van der Waals surface area contributed by atoms with Crippen molar-refractivity contribution in [3.05, 3.63) is 59.7 Å². The van der Waals surface area contributed by atoms with E-state index in [0.29, 0.717) is 0 Å². The zero-order valence-electron chi connectivity index (χ0n) is 13.8. The van der Waals surface area contributed by atoms with Gasteiger partial charge >= 0.3 is 11.9 Å². The van der Waals surface area contributed by atoms with Crippen molar-refractivity contribution in [2.24, 2.45) is 0 Å². The second-order valence-corrected chi connectivity index (χ2v) is 8.24. The van der Waals surface area contributed by atoms with E-state index in [2.05, 4.69) is 12.7 Å². The molecule has 8 heteroatoms. The van der Waals surface area contributed by atoms with Crippen molar-refractivity contribution < 1.29 is 19.4 Å². The zero-order chi connectivity index (χ0) is 18.7. The minimum atomic E-state index is -1.57. The highest BCUT2D eigenvalue weighted by Gasteiger charge is 2.29. The molecule has 2 aromatic rings. The molecule has 0 heterocycles. The molecule has 2 atom stereocenters. The van der Waals surface area contributed by atoms with Gasteiger partial charge in [-0.1, -0.05) is 66.6 Å². The fourth-order valence-electron chi connectivity index (χ4n) is 3.19. The van der Waals surface area contributed by atoms with Crippen LogP contribution in [0.2, 0.25) is 0 Å². The molecule has 0 saturated carbocycles. The average Bonchev–Trinajstić information content (AvgIpc) is 2.93. The Morgan fingerprint density at radius 3 is 2.19 bits per heavy atom. The van der Waals surface area contributed by atoms with Gasteiger partial charge in [-0.25, -0.2) is 4.72 Å². The van der Waals surface area contributed by atoms with E-state index in [0.717, 1.165) is 22.3 Å². The number of nitrogens with one attached hydrogen (secondary N) is 2. The molecule has 0 saturated heterocycles. The lowest BCUT2D eigenvalue weighted by Gasteiger charge is -2.16. The molecule has 2 unspecified atom stereocenters. The number of esters is 1. The van der Waals surface area contributed by atoms with Crippen LogP contribution in [0.5, 0.6) is 0 Å². The van der Waals surface area contributed by atoms with Gasteiger partial charge in [0, 0.05) is 5.92 Å². The van der Waals surface area contributed by atoms with Crippen molar-refractivity contribution in [2.75, 3.05) is 6.61 Å². The van der Waals surface area contributed by atoms with Gasteiger partial charge in [-0.2, -0.15) is 0 Å². The third-order valence-electron chi connectivity index (χ3n) is 4.33. The molecule has 0 spiro atoms. The van der Waals surface area contributed by atoms with Gasteiger partial charge in [0.05, 0.1) is 6.42 Å². The number of carbonyl (C=O) groups is 2. The number of hydrogen-bond acceptors (Lipinski definition) is 4. The lowest BCUT2D eigenvalue weighted by atomic mass is 9.98. The number of carboxylic acid groups (broad SMARTS) is 1. The number of thiol groups is 1. The number of carbonyl (C=O) groups excluding carboxylic acids is 1. The standard InChI is InChI=1S/C18H19N2O4PS/c19-26(25)20-16(18(22)23)9-17(21)24-10-15-13-7-3-1-5-11(13)12-6-2-4-8-14(12)15/h1-8,15-16,25-26H,9-10H2,(H2,19,20)(H,22,23). The monoisotopic (exact) mass is 390 g/mol. The van der Waals surface area contributed by atoms with Crippen LogP contribution in [0.15, 0.2) is 48.5 Å². The van der Waals surface area contributed by atoms with Crippen LogP contribution in [-0.4, -0.2) is 29.7 Å². The van der Waals surface area contributed by atoms with Crippen LogP contribution in [0.1, 0.15) is 23.5 Å². The van der Waals surface area contributed by atoms with E-state index >= 15 is 0 Å². The number of ether oxygens (including phenoxy) is 1. The number of aliphatic carboxylic acids is 1. The summed E-state index contributed by atoms with van der Waals surface area (Å²) in [5.74, 6) is -1.85. The second kappa shape index (κ2) is 7.99. The smallest absolute Gasteiger partial charge is 0.322 e. The Morgan fingerprint density at radius 1 is 1.15 bits per heavy atom. The van der Waals surface area contributed by atoms with Crippen molar-refractivity contribution in [1.29, 1.82) is 4.78 Å². The Hall–Kier alpha value is -2.21. The summed E-state index contributed by atoms with van der Waals surface area (Å²) in [6.45, 7) is 0.155. The van der Waals surface area contributed by atoms with Gasteiger partial charge in [0.15, 0.2) is 0 Å². The van der Waals surface area contributed by atoms with Crippen LogP contribution in [0, 0.1) is 4.78 Å². The molecule has 6 nitrogen and oxygen atoms in total. The molecule has 0 fully saturated rings. The summed E-state index contributed by atoms with van der Waals surface area (Å²) in [6, 6.07) is 14.9. The quantitative estimate of drug-likeness (QED) is 0.331. The summed E-state index contributed by atoms with van der Waals surface area (Å²) in [7, 11) is 1.45. The van der Waals surface area contributed by atoms with E-state index in [1.807, 2.05) is 48.5 Å². The van der Waals surface area contributed by atoms with Gasteiger partial charge in [-0.15, -0.1) is 0 Å². The molecule has 3 N–H and O–H groups in total. The van der Waals surface area contributed by atoms with E-state index in [-0.39, 0.29) is 18.9 Å². The largest absolute Gasteiger partial charge is 0.480 e. The van der Waals surface area contributed by atoms with Crippen LogP contribution in [0.25, 0.3) is 11.1 Å². The average molecular weight is 390 g/mol. The molecule has 2 aromatic carbocycles. The Kier molecular flexibility index (Phi) is 5.71. The Labute approximate surface area is 155 Å². The summed E-state index contributed by atoms with van der Waals surface area (Å²) in [5.41, 5.74) is 4.47. The topological polar surface area (TPSA) is 99.5 Å². The number of fused-ring (bicyclic) bond motifs is 3. The summed E-state index contributed by atoms with van der Waals surface area (Å²) < 4.78 is 15.3. The molecule has 0 aromatic heterocycles. The van der Waals surface area contributed by atoms with Gasteiger partial charge in [0.2, 0.25) is 0 Å². The molecule has 0 radical (unpaired) electrons. The number of rotatable bonds is 7. The third kappa shape index (κ3) is 3.96. The van der Waals surface area contributed by atoms with E-state index < -0.39 is 28.0 Å². The minimum absolute atomic E-state index is 0.0632. The lowest BCUT2D eigenvalue weighted by Crippen LogP contribution is -2.37. The molecular weight excluding hydrogens is 371 g/mol. The second-order valence-electron chi connectivity index (χ2n) is 5.97. The molecule has 0 aliphatic heterocycles. The first-order chi connectivity index (χ1) is 12.5.